The summed E-state index contributed by atoms with van der Waals surface area (Å²) in [5, 5.41) is 11.0. The first-order chi connectivity index (χ1) is 12.3. The molecule has 0 saturated carbocycles. The highest BCUT2D eigenvalue weighted by Crippen LogP contribution is 2.28. The van der Waals surface area contributed by atoms with Gasteiger partial charge in [0.1, 0.15) is 17.7 Å². The van der Waals surface area contributed by atoms with E-state index in [0.29, 0.717) is 0 Å². The van der Waals surface area contributed by atoms with Crippen LogP contribution in [0.3, 0.4) is 0 Å². The van der Waals surface area contributed by atoms with E-state index in [1.807, 2.05) is 20.8 Å². The van der Waals surface area contributed by atoms with Crippen molar-refractivity contribution in [3.63, 3.8) is 0 Å². The number of esters is 2. The number of carbonyl (C=O) groups is 2. The van der Waals surface area contributed by atoms with Crippen LogP contribution in [0, 0.1) is 16.0 Å². The summed E-state index contributed by atoms with van der Waals surface area (Å²) in [7, 11) is 0. The maximum Gasteiger partial charge on any atom is 0.306 e. The molecular formula is C18H24ClNO6. The molecule has 0 aliphatic heterocycles. The van der Waals surface area contributed by atoms with Crippen LogP contribution in [-0.2, 0) is 25.7 Å². The van der Waals surface area contributed by atoms with Crippen LogP contribution in [0.1, 0.15) is 52.0 Å². The number of rotatable bonds is 10. The van der Waals surface area contributed by atoms with Crippen LogP contribution in [0.5, 0.6) is 0 Å². The first-order valence-corrected chi connectivity index (χ1v) is 8.90. The van der Waals surface area contributed by atoms with Gasteiger partial charge in [0, 0.05) is 0 Å². The molecule has 0 amide bonds. The number of hydrogen-bond acceptors (Lipinski definition) is 6. The topological polar surface area (TPSA) is 95.7 Å². The van der Waals surface area contributed by atoms with Crippen LogP contribution in [0.15, 0.2) is 18.2 Å². The standard InChI is InChI=1S/C18H24ClNO6/c1-4-6-15(12(2)3)26-17(22)10-9-16(21)25-11-13-7-5-8-14(19)18(13)20(23)24/h5,7-8,12,15H,4,6,9-11H2,1-3H3. The second-order valence-electron chi connectivity index (χ2n) is 6.23. The van der Waals surface area contributed by atoms with Gasteiger partial charge in [-0.25, -0.2) is 0 Å². The second-order valence-corrected chi connectivity index (χ2v) is 6.63. The molecule has 0 spiro atoms. The van der Waals surface area contributed by atoms with Crippen molar-refractivity contribution < 1.29 is 24.0 Å². The van der Waals surface area contributed by atoms with Gasteiger partial charge in [0.15, 0.2) is 0 Å². The Balaban J connectivity index is 2.50. The van der Waals surface area contributed by atoms with Crippen molar-refractivity contribution in [1.82, 2.24) is 0 Å². The van der Waals surface area contributed by atoms with Crippen LogP contribution >= 0.6 is 11.6 Å². The Morgan fingerprint density at radius 2 is 1.88 bits per heavy atom. The number of halogens is 1. The number of hydrogen-bond donors (Lipinski definition) is 0. The third kappa shape index (κ3) is 7.00. The Morgan fingerprint density at radius 3 is 2.46 bits per heavy atom. The average molecular weight is 386 g/mol. The largest absolute Gasteiger partial charge is 0.462 e. The van der Waals surface area contributed by atoms with Gasteiger partial charge in [-0.15, -0.1) is 0 Å². The van der Waals surface area contributed by atoms with Crippen molar-refractivity contribution in [1.29, 1.82) is 0 Å². The molecule has 1 atom stereocenters. The van der Waals surface area contributed by atoms with E-state index in [4.69, 9.17) is 21.1 Å². The molecule has 1 unspecified atom stereocenters. The minimum Gasteiger partial charge on any atom is -0.462 e. The van der Waals surface area contributed by atoms with Gasteiger partial charge in [-0.05, 0) is 24.5 Å². The molecule has 0 aliphatic carbocycles. The average Bonchev–Trinajstić information content (AvgIpc) is 2.57. The lowest BCUT2D eigenvalue weighted by Gasteiger charge is -2.20. The molecule has 26 heavy (non-hydrogen) atoms. The smallest absolute Gasteiger partial charge is 0.306 e. The molecule has 0 heterocycles. The summed E-state index contributed by atoms with van der Waals surface area (Å²) in [6.07, 6.45) is 1.26. The molecule has 0 aromatic heterocycles. The molecule has 1 rings (SSSR count). The fourth-order valence-corrected chi connectivity index (χ4v) is 2.62. The van der Waals surface area contributed by atoms with Gasteiger partial charge in [-0.1, -0.05) is 44.9 Å². The van der Waals surface area contributed by atoms with Gasteiger partial charge in [-0.3, -0.25) is 19.7 Å². The molecule has 0 radical (unpaired) electrons. The zero-order chi connectivity index (χ0) is 19.7. The molecular weight excluding hydrogens is 362 g/mol. The summed E-state index contributed by atoms with van der Waals surface area (Å²) in [5.74, 6) is -0.884. The van der Waals surface area contributed by atoms with E-state index in [2.05, 4.69) is 0 Å². The summed E-state index contributed by atoms with van der Waals surface area (Å²) >= 11 is 5.80. The van der Waals surface area contributed by atoms with Crippen LogP contribution in [-0.4, -0.2) is 23.0 Å². The van der Waals surface area contributed by atoms with Crippen molar-refractivity contribution in [2.45, 2.75) is 59.2 Å². The second kappa shape index (κ2) is 10.8. The maximum atomic E-state index is 11.9. The molecule has 0 N–H and O–H groups in total. The van der Waals surface area contributed by atoms with E-state index < -0.39 is 16.9 Å². The van der Waals surface area contributed by atoms with Crippen molar-refractivity contribution in [2.75, 3.05) is 0 Å². The lowest BCUT2D eigenvalue weighted by atomic mass is 10.0. The third-order valence-electron chi connectivity index (χ3n) is 3.77. The first-order valence-electron chi connectivity index (χ1n) is 8.53. The normalized spacial score (nSPS) is 11.9. The van der Waals surface area contributed by atoms with Crippen LogP contribution in [0.4, 0.5) is 5.69 Å². The Morgan fingerprint density at radius 1 is 1.23 bits per heavy atom. The monoisotopic (exact) mass is 385 g/mol. The minimum atomic E-state index is -0.632. The Kier molecular flexibility index (Phi) is 9.05. The zero-order valence-corrected chi connectivity index (χ0v) is 16.0. The van der Waals surface area contributed by atoms with Gasteiger partial charge >= 0.3 is 11.9 Å². The maximum absolute atomic E-state index is 11.9. The van der Waals surface area contributed by atoms with Gasteiger partial charge < -0.3 is 9.47 Å². The molecule has 8 heteroatoms. The van der Waals surface area contributed by atoms with Crippen molar-refractivity contribution in [3.05, 3.63) is 38.9 Å². The van der Waals surface area contributed by atoms with E-state index >= 15 is 0 Å². The quantitative estimate of drug-likeness (QED) is 0.335. The molecule has 0 saturated heterocycles. The number of ether oxygens (including phenoxy) is 2. The number of para-hydroxylation sites is 1. The Hall–Kier alpha value is -2.15. The van der Waals surface area contributed by atoms with Crippen molar-refractivity contribution in [2.24, 2.45) is 5.92 Å². The molecule has 0 fully saturated rings. The van der Waals surface area contributed by atoms with E-state index in [-0.39, 0.29) is 47.7 Å². The molecule has 0 bridgehead atoms. The number of nitro benzene ring substituents is 1. The summed E-state index contributed by atoms with van der Waals surface area (Å²) in [5.41, 5.74) is -0.0954. The minimum absolute atomic E-state index is 0.0252. The summed E-state index contributed by atoms with van der Waals surface area (Å²) in [4.78, 5) is 34.1. The lowest BCUT2D eigenvalue weighted by molar-refractivity contribution is -0.385. The molecule has 1 aromatic carbocycles. The molecule has 7 nitrogen and oxygen atoms in total. The number of nitro groups is 1. The van der Waals surface area contributed by atoms with E-state index in [1.165, 1.54) is 18.2 Å². The fourth-order valence-electron chi connectivity index (χ4n) is 2.36. The summed E-state index contributed by atoms with van der Waals surface area (Å²) in [6, 6.07) is 4.39. The Labute approximate surface area is 157 Å². The molecule has 1 aromatic rings. The van der Waals surface area contributed by atoms with Crippen molar-refractivity contribution >= 4 is 29.2 Å². The molecule has 144 valence electrons. The highest BCUT2D eigenvalue weighted by atomic mass is 35.5. The van der Waals surface area contributed by atoms with Crippen LogP contribution in [0.2, 0.25) is 5.02 Å². The van der Waals surface area contributed by atoms with Gasteiger partial charge in [0.2, 0.25) is 0 Å². The van der Waals surface area contributed by atoms with Gasteiger partial charge in [-0.2, -0.15) is 0 Å². The first kappa shape index (κ1) is 21.9. The highest BCUT2D eigenvalue weighted by molar-refractivity contribution is 6.32. The molecule has 0 aliphatic rings. The Bertz CT molecular complexity index is 647. The summed E-state index contributed by atoms with van der Waals surface area (Å²) in [6.45, 7) is 5.67. The number of benzene rings is 1. The number of nitrogens with zero attached hydrogens (tertiary/aromatic N) is 1. The highest BCUT2D eigenvalue weighted by Gasteiger charge is 2.21. The van der Waals surface area contributed by atoms with E-state index in [9.17, 15) is 19.7 Å². The zero-order valence-electron chi connectivity index (χ0n) is 15.2. The SMILES string of the molecule is CCCC(OC(=O)CCC(=O)OCc1cccc(Cl)c1[N+](=O)[O-])C(C)C. The van der Waals surface area contributed by atoms with Crippen LogP contribution < -0.4 is 0 Å². The summed E-state index contributed by atoms with van der Waals surface area (Å²) < 4.78 is 10.4. The predicted molar refractivity (Wildman–Crippen MR) is 96.8 cm³/mol. The lowest BCUT2D eigenvalue weighted by Crippen LogP contribution is -2.24. The van der Waals surface area contributed by atoms with E-state index in [0.717, 1.165) is 12.8 Å². The fraction of sp³-hybridized carbons (Fsp3) is 0.556. The van der Waals surface area contributed by atoms with Crippen LogP contribution in [0.25, 0.3) is 0 Å². The van der Waals surface area contributed by atoms with Crippen molar-refractivity contribution in [3.8, 4) is 0 Å². The number of carbonyl (C=O) groups excluding carboxylic acids is 2. The van der Waals surface area contributed by atoms with E-state index in [1.54, 1.807) is 0 Å². The van der Waals surface area contributed by atoms with Gasteiger partial charge in [0.25, 0.3) is 5.69 Å². The predicted octanol–water partition coefficient (Wildman–Crippen LogP) is 4.44. The van der Waals surface area contributed by atoms with Gasteiger partial charge in [0.05, 0.1) is 23.3 Å². The third-order valence-corrected chi connectivity index (χ3v) is 4.08.